The Morgan fingerprint density at radius 3 is 2.72 bits per heavy atom. The van der Waals surface area contributed by atoms with Crippen LogP contribution in [0, 0.1) is 5.92 Å². The third-order valence-electron chi connectivity index (χ3n) is 5.91. The monoisotopic (exact) mass is 453 g/mol. The number of fused-ring (bicyclic) bond motifs is 1. The number of hydrogen-bond acceptors (Lipinski definition) is 5. The summed E-state index contributed by atoms with van der Waals surface area (Å²) in [5.41, 5.74) is 1.85. The largest absolute Gasteiger partial charge is 0.454 e. The molecule has 2 amide bonds. The zero-order valence-electron chi connectivity index (χ0n) is 18.0. The normalized spacial score (nSPS) is 15.5. The topological polar surface area (TPSA) is 91.5 Å². The van der Waals surface area contributed by atoms with Gasteiger partial charge in [0, 0.05) is 36.6 Å². The van der Waals surface area contributed by atoms with E-state index in [1.165, 1.54) is 11.3 Å². The Bertz CT molecular complexity index is 1080. The second-order valence-corrected chi connectivity index (χ2v) is 9.19. The van der Waals surface area contributed by atoms with Gasteiger partial charge >= 0.3 is 5.97 Å². The minimum Gasteiger partial charge on any atom is -0.454 e. The van der Waals surface area contributed by atoms with Crippen molar-refractivity contribution in [1.82, 2.24) is 15.2 Å². The van der Waals surface area contributed by atoms with E-state index in [0.717, 1.165) is 29.3 Å². The van der Waals surface area contributed by atoms with Crippen LogP contribution in [0.25, 0.3) is 10.9 Å². The number of thiophene rings is 1. The number of esters is 1. The lowest BCUT2D eigenvalue weighted by atomic mass is 9.99. The fourth-order valence-electron chi connectivity index (χ4n) is 3.93. The Morgan fingerprint density at radius 1 is 1.19 bits per heavy atom. The van der Waals surface area contributed by atoms with E-state index >= 15 is 0 Å². The third-order valence-corrected chi connectivity index (χ3v) is 6.78. The summed E-state index contributed by atoms with van der Waals surface area (Å²) >= 11 is 1.30. The Morgan fingerprint density at radius 2 is 1.97 bits per heavy atom. The zero-order valence-corrected chi connectivity index (χ0v) is 18.8. The first-order valence-electron chi connectivity index (χ1n) is 10.8. The maximum absolute atomic E-state index is 12.9. The van der Waals surface area contributed by atoms with Crippen LogP contribution in [-0.2, 0) is 20.7 Å². The highest BCUT2D eigenvalue weighted by molar-refractivity contribution is 7.12. The van der Waals surface area contributed by atoms with Crippen molar-refractivity contribution in [3.8, 4) is 0 Å². The van der Waals surface area contributed by atoms with Gasteiger partial charge in [-0.2, -0.15) is 0 Å². The number of likely N-dealkylation sites (tertiary alicyclic amines) is 1. The van der Waals surface area contributed by atoms with Gasteiger partial charge < -0.3 is 19.9 Å². The lowest BCUT2D eigenvalue weighted by Crippen LogP contribution is -2.45. The average Bonchev–Trinajstić information content (AvgIpc) is 3.48. The molecule has 1 fully saturated rings. The molecule has 0 spiro atoms. The zero-order chi connectivity index (χ0) is 22.5. The molecule has 1 saturated heterocycles. The summed E-state index contributed by atoms with van der Waals surface area (Å²) < 4.78 is 5.37. The summed E-state index contributed by atoms with van der Waals surface area (Å²) in [6.45, 7) is 3.23. The maximum atomic E-state index is 12.9. The van der Waals surface area contributed by atoms with Gasteiger partial charge in [-0.3, -0.25) is 9.59 Å². The van der Waals surface area contributed by atoms with E-state index in [4.69, 9.17) is 4.74 Å². The van der Waals surface area contributed by atoms with Crippen molar-refractivity contribution in [2.75, 3.05) is 19.7 Å². The predicted molar refractivity (Wildman–Crippen MR) is 124 cm³/mol. The molecule has 32 heavy (non-hydrogen) atoms. The van der Waals surface area contributed by atoms with Crippen molar-refractivity contribution >= 4 is 40.0 Å². The van der Waals surface area contributed by atoms with Crippen LogP contribution < -0.4 is 5.32 Å². The molecule has 168 valence electrons. The molecule has 3 heterocycles. The van der Waals surface area contributed by atoms with Crippen molar-refractivity contribution in [2.24, 2.45) is 5.92 Å². The van der Waals surface area contributed by atoms with Gasteiger partial charge in [-0.1, -0.05) is 31.2 Å². The number of nitrogens with zero attached hydrogens (tertiary/aromatic N) is 1. The first-order valence-corrected chi connectivity index (χ1v) is 11.7. The molecule has 2 aromatic heterocycles. The van der Waals surface area contributed by atoms with Crippen LogP contribution in [-0.4, -0.2) is 53.4 Å². The smallest absolute Gasteiger partial charge is 0.329 e. The highest BCUT2D eigenvalue weighted by atomic mass is 32.1. The Balaban J connectivity index is 1.44. The Hall–Kier alpha value is -3.13. The molecule has 3 aromatic rings. The average molecular weight is 454 g/mol. The van der Waals surface area contributed by atoms with Gasteiger partial charge in [0.1, 0.15) is 6.04 Å². The maximum Gasteiger partial charge on any atom is 0.329 e. The van der Waals surface area contributed by atoms with Gasteiger partial charge in [-0.15, -0.1) is 11.3 Å². The highest BCUT2D eigenvalue weighted by Crippen LogP contribution is 2.20. The van der Waals surface area contributed by atoms with Crippen LogP contribution in [0.5, 0.6) is 0 Å². The van der Waals surface area contributed by atoms with Crippen molar-refractivity contribution in [1.29, 1.82) is 0 Å². The summed E-state index contributed by atoms with van der Waals surface area (Å²) in [5, 5.41) is 5.58. The number of carbonyl (C=O) groups excluding carboxylic acids is 3. The standard InChI is InChI=1S/C24H27N3O4S/c1-16-8-10-27(11-9-16)22(28)15-31-24(30)20(26-23(29)21-7-4-12-32-21)13-17-14-25-19-6-3-2-5-18(17)19/h2-7,12,14,16,20,25H,8-11,13,15H2,1H3,(H,26,29). The number of amides is 2. The lowest BCUT2D eigenvalue weighted by molar-refractivity contribution is -0.154. The third kappa shape index (κ3) is 5.19. The molecular formula is C24H27N3O4S. The van der Waals surface area contributed by atoms with Crippen LogP contribution in [0.4, 0.5) is 0 Å². The molecule has 1 aliphatic heterocycles. The van der Waals surface area contributed by atoms with Crippen LogP contribution in [0.1, 0.15) is 35.0 Å². The van der Waals surface area contributed by atoms with Crippen LogP contribution >= 0.6 is 11.3 Å². The fraction of sp³-hybridized carbons (Fsp3) is 0.375. The number of ether oxygens (including phenoxy) is 1. The molecule has 2 N–H and O–H groups in total. The van der Waals surface area contributed by atoms with Gasteiger partial charge in [-0.05, 0) is 41.8 Å². The quantitative estimate of drug-likeness (QED) is 0.537. The van der Waals surface area contributed by atoms with E-state index in [1.807, 2.05) is 30.5 Å². The lowest BCUT2D eigenvalue weighted by Gasteiger charge is -2.30. The van der Waals surface area contributed by atoms with Gasteiger partial charge in [0.25, 0.3) is 11.8 Å². The van der Waals surface area contributed by atoms with Crippen molar-refractivity contribution in [3.63, 3.8) is 0 Å². The van der Waals surface area contributed by atoms with Gasteiger partial charge in [-0.25, -0.2) is 4.79 Å². The predicted octanol–water partition coefficient (Wildman–Crippen LogP) is 3.37. The minimum absolute atomic E-state index is 0.194. The number of para-hydroxylation sites is 1. The number of rotatable bonds is 7. The Kier molecular flexibility index (Phi) is 6.90. The SMILES string of the molecule is CC1CCN(C(=O)COC(=O)C(Cc2c[nH]c3ccccc23)NC(=O)c2cccs2)CC1. The molecule has 1 atom stereocenters. The first kappa shape index (κ1) is 22.1. The molecule has 1 aliphatic rings. The first-order chi connectivity index (χ1) is 15.5. The number of aromatic amines is 1. The summed E-state index contributed by atoms with van der Waals surface area (Å²) in [4.78, 5) is 43.5. The number of H-pyrrole nitrogens is 1. The van der Waals surface area contributed by atoms with E-state index in [0.29, 0.717) is 23.9 Å². The molecule has 1 unspecified atom stereocenters. The fourth-order valence-corrected chi connectivity index (χ4v) is 4.56. The van der Waals surface area contributed by atoms with Crippen molar-refractivity contribution in [3.05, 3.63) is 58.4 Å². The second kappa shape index (κ2) is 9.99. The van der Waals surface area contributed by atoms with E-state index in [-0.39, 0.29) is 24.8 Å². The Labute approximate surface area is 190 Å². The molecule has 7 nitrogen and oxygen atoms in total. The molecular weight excluding hydrogens is 426 g/mol. The molecule has 0 saturated carbocycles. The van der Waals surface area contributed by atoms with Crippen LogP contribution in [0.15, 0.2) is 48.0 Å². The molecule has 8 heteroatoms. The minimum atomic E-state index is -0.905. The van der Waals surface area contributed by atoms with E-state index in [9.17, 15) is 14.4 Å². The van der Waals surface area contributed by atoms with Crippen LogP contribution in [0.3, 0.4) is 0 Å². The molecule has 0 bridgehead atoms. The molecule has 0 aliphatic carbocycles. The summed E-state index contributed by atoms with van der Waals surface area (Å²) in [7, 11) is 0. The van der Waals surface area contributed by atoms with E-state index in [2.05, 4.69) is 17.2 Å². The highest BCUT2D eigenvalue weighted by Gasteiger charge is 2.27. The number of aromatic nitrogens is 1. The van der Waals surface area contributed by atoms with Gasteiger partial charge in [0.05, 0.1) is 4.88 Å². The molecule has 0 radical (unpaired) electrons. The van der Waals surface area contributed by atoms with Crippen molar-refractivity contribution in [2.45, 2.75) is 32.2 Å². The number of nitrogens with one attached hydrogen (secondary N) is 2. The molecule has 1 aromatic carbocycles. The summed E-state index contributed by atoms with van der Waals surface area (Å²) in [5.74, 6) is -0.535. The van der Waals surface area contributed by atoms with Crippen LogP contribution in [0.2, 0.25) is 0 Å². The number of hydrogen-bond donors (Lipinski definition) is 2. The molecule has 4 rings (SSSR count). The summed E-state index contributed by atoms with van der Waals surface area (Å²) in [6.07, 6.45) is 4.01. The summed E-state index contributed by atoms with van der Waals surface area (Å²) in [6, 6.07) is 10.4. The van der Waals surface area contributed by atoms with Gasteiger partial charge in [0.15, 0.2) is 6.61 Å². The van der Waals surface area contributed by atoms with Crippen molar-refractivity contribution < 1.29 is 19.1 Å². The number of carbonyl (C=O) groups is 3. The second-order valence-electron chi connectivity index (χ2n) is 8.24. The van der Waals surface area contributed by atoms with E-state index in [1.54, 1.807) is 22.4 Å². The van der Waals surface area contributed by atoms with E-state index < -0.39 is 12.0 Å². The number of piperidine rings is 1. The number of benzene rings is 1. The van der Waals surface area contributed by atoms with Gasteiger partial charge in [0.2, 0.25) is 0 Å².